The minimum atomic E-state index is -1.21. The molecule has 4 fully saturated rings. The molecule has 3 N–H and O–H groups in total. The molecular formula is C16H27NO3. The summed E-state index contributed by atoms with van der Waals surface area (Å²) in [5.74, 6) is 2.61. The van der Waals surface area contributed by atoms with Gasteiger partial charge in [-0.05, 0) is 68.6 Å². The molecule has 4 bridgehead atoms. The summed E-state index contributed by atoms with van der Waals surface area (Å²) in [5.41, 5.74) is -0.971. The molecule has 114 valence electrons. The average Bonchev–Trinajstić information content (AvgIpc) is 2.34. The van der Waals surface area contributed by atoms with Crippen molar-refractivity contribution in [3.63, 3.8) is 0 Å². The van der Waals surface area contributed by atoms with E-state index in [9.17, 15) is 9.90 Å². The number of amides is 1. The van der Waals surface area contributed by atoms with Crippen LogP contribution in [0.3, 0.4) is 0 Å². The predicted molar refractivity (Wildman–Crippen MR) is 75.9 cm³/mol. The van der Waals surface area contributed by atoms with Crippen LogP contribution in [0.5, 0.6) is 0 Å². The number of aliphatic hydroxyl groups is 2. The van der Waals surface area contributed by atoms with Crippen molar-refractivity contribution in [2.24, 2.45) is 23.2 Å². The van der Waals surface area contributed by atoms with Crippen molar-refractivity contribution in [1.82, 2.24) is 5.32 Å². The van der Waals surface area contributed by atoms with Crippen LogP contribution in [0.4, 0.5) is 0 Å². The van der Waals surface area contributed by atoms with Gasteiger partial charge in [0.1, 0.15) is 5.60 Å². The molecule has 20 heavy (non-hydrogen) atoms. The van der Waals surface area contributed by atoms with Crippen molar-refractivity contribution in [3.8, 4) is 0 Å². The lowest BCUT2D eigenvalue weighted by Crippen LogP contribution is -2.49. The fraction of sp³-hybridized carbons (Fsp3) is 0.938. The van der Waals surface area contributed by atoms with Gasteiger partial charge in [0.2, 0.25) is 5.91 Å². The zero-order chi connectivity index (χ0) is 14.4. The fourth-order valence-electron chi connectivity index (χ4n) is 5.25. The van der Waals surface area contributed by atoms with Crippen molar-refractivity contribution in [2.75, 3.05) is 13.2 Å². The third kappa shape index (κ3) is 2.86. The van der Waals surface area contributed by atoms with Gasteiger partial charge in [-0.1, -0.05) is 0 Å². The second-order valence-electron chi connectivity index (χ2n) is 8.03. The van der Waals surface area contributed by atoms with Gasteiger partial charge in [0.25, 0.3) is 0 Å². The molecule has 0 heterocycles. The monoisotopic (exact) mass is 281 g/mol. The zero-order valence-electron chi connectivity index (χ0n) is 12.4. The molecule has 1 amide bonds. The average molecular weight is 281 g/mol. The number of carbonyl (C=O) groups excluding carboxylic acids is 1. The highest BCUT2D eigenvalue weighted by molar-refractivity contribution is 5.76. The Bertz CT molecular complexity index is 356. The van der Waals surface area contributed by atoms with Crippen LogP contribution >= 0.6 is 0 Å². The van der Waals surface area contributed by atoms with Crippen LogP contribution in [0.15, 0.2) is 0 Å². The van der Waals surface area contributed by atoms with Gasteiger partial charge in [0, 0.05) is 13.0 Å². The molecule has 0 saturated heterocycles. The van der Waals surface area contributed by atoms with Crippen molar-refractivity contribution >= 4 is 5.91 Å². The second kappa shape index (κ2) is 4.99. The van der Waals surface area contributed by atoms with E-state index in [1.54, 1.807) is 0 Å². The molecule has 0 radical (unpaired) electrons. The summed E-state index contributed by atoms with van der Waals surface area (Å²) in [6.45, 7) is 1.34. The highest BCUT2D eigenvalue weighted by Crippen LogP contribution is 2.61. The van der Waals surface area contributed by atoms with Crippen LogP contribution in [-0.4, -0.2) is 34.9 Å². The third-order valence-electron chi connectivity index (χ3n) is 5.71. The molecule has 4 aliphatic carbocycles. The van der Waals surface area contributed by atoms with Gasteiger partial charge >= 0.3 is 0 Å². The minimum Gasteiger partial charge on any atom is -0.393 e. The zero-order valence-corrected chi connectivity index (χ0v) is 12.4. The first-order valence-corrected chi connectivity index (χ1v) is 8.00. The number of rotatable bonds is 5. The third-order valence-corrected chi connectivity index (χ3v) is 5.71. The van der Waals surface area contributed by atoms with Crippen molar-refractivity contribution in [3.05, 3.63) is 0 Å². The molecule has 4 nitrogen and oxygen atoms in total. The Morgan fingerprint density at radius 1 is 1.20 bits per heavy atom. The van der Waals surface area contributed by atoms with E-state index in [0.717, 1.165) is 17.8 Å². The van der Waals surface area contributed by atoms with Crippen molar-refractivity contribution in [2.45, 2.75) is 57.5 Å². The topological polar surface area (TPSA) is 69.6 Å². The Kier molecular flexibility index (Phi) is 3.57. The molecule has 1 atom stereocenters. The summed E-state index contributed by atoms with van der Waals surface area (Å²) in [5, 5.41) is 21.5. The number of hydrogen-bond donors (Lipinski definition) is 3. The number of carbonyl (C=O) groups is 1. The molecule has 0 aromatic rings. The highest BCUT2D eigenvalue weighted by Gasteiger charge is 2.51. The van der Waals surface area contributed by atoms with E-state index in [1.807, 2.05) is 0 Å². The summed E-state index contributed by atoms with van der Waals surface area (Å²) >= 11 is 0. The van der Waals surface area contributed by atoms with Crippen LogP contribution in [-0.2, 0) is 4.79 Å². The van der Waals surface area contributed by atoms with Crippen molar-refractivity contribution < 1.29 is 15.0 Å². The fourth-order valence-corrected chi connectivity index (χ4v) is 5.25. The Morgan fingerprint density at radius 2 is 1.70 bits per heavy atom. The molecule has 4 heteroatoms. The summed E-state index contributed by atoms with van der Waals surface area (Å²) in [4.78, 5) is 12.2. The smallest absolute Gasteiger partial charge is 0.220 e. The molecule has 4 rings (SSSR count). The van der Waals surface area contributed by atoms with Gasteiger partial charge in [-0.2, -0.15) is 0 Å². The molecular weight excluding hydrogens is 254 g/mol. The summed E-state index contributed by atoms with van der Waals surface area (Å²) in [6, 6.07) is 0. The van der Waals surface area contributed by atoms with E-state index < -0.39 is 5.60 Å². The maximum atomic E-state index is 12.2. The molecule has 4 saturated carbocycles. The Hall–Kier alpha value is -0.610. The number of nitrogens with one attached hydrogen (secondary N) is 1. The van der Waals surface area contributed by atoms with Gasteiger partial charge in [0.05, 0.1) is 6.61 Å². The highest BCUT2D eigenvalue weighted by atomic mass is 16.3. The maximum Gasteiger partial charge on any atom is 0.220 e. The first-order chi connectivity index (χ1) is 9.40. The van der Waals surface area contributed by atoms with Crippen LogP contribution in [0, 0.1) is 23.2 Å². The van der Waals surface area contributed by atoms with Crippen LogP contribution in [0.25, 0.3) is 0 Å². The first kappa shape index (κ1) is 14.3. The van der Waals surface area contributed by atoms with E-state index in [4.69, 9.17) is 5.11 Å². The van der Waals surface area contributed by atoms with Gasteiger partial charge in [-0.25, -0.2) is 0 Å². The Balaban J connectivity index is 1.56. The molecule has 0 aliphatic heterocycles. The van der Waals surface area contributed by atoms with Gasteiger partial charge in [-0.15, -0.1) is 0 Å². The summed E-state index contributed by atoms with van der Waals surface area (Å²) in [6.07, 6.45) is 8.45. The predicted octanol–water partition coefficient (Wildman–Crippen LogP) is 1.45. The number of hydrogen-bond acceptors (Lipinski definition) is 3. The standard InChI is InChI=1S/C16H27NO3/c1-15(20,10-18)9-17-14(19)8-16-5-11-2-12(6-16)4-13(3-11)7-16/h11-13,18,20H,2-10H2,1H3,(H,17,19). The van der Waals surface area contributed by atoms with Gasteiger partial charge < -0.3 is 15.5 Å². The lowest BCUT2D eigenvalue weighted by molar-refractivity contribution is -0.130. The van der Waals surface area contributed by atoms with E-state index in [2.05, 4.69) is 5.32 Å². The van der Waals surface area contributed by atoms with Gasteiger partial charge in [-0.3, -0.25) is 4.79 Å². The summed E-state index contributed by atoms with van der Waals surface area (Å²) < 4.78 is 0. The molecule has 4 aliphatic rings. The lowest BCUT2D eigenvalue weighted by Gasteiger charge is -2.56. The van der Waals surface area contributed by atoms with E-state index in [0.29, 0.717) is 6.42 Å². The minimum absolute atomic E-state index is 0.0423. The largest absolute Gasteiger partial charge is 0.393 e. The Labute approximate surface area is 120 Å². The van der Waals surface area contributed by atoms with Crippen molar-refractivity contribution in [1.29, 1.82) is 0 Å². The second-order valence-corrected chi connectivity index (χ2v) is 8.03. The quantitative estimate of drug-likeness (QED) is 0.714. The molecule has 0 aromatic carbocycles. The summed E-state index contributed by atoms with van der Waals surface area (Å²) in [7, 11) is 0. The van der Waals surface area contributed by atoms with Gasteiger partial charge in [0.15, 0.2) is 0 Å². The van der Waals surface area contributed by atoms with E-state index >= 15 is 0 Å². The molecule has 1 unspecified atom stereocenters. The number of aliphatic hydroxyl groups excluding tert-OH is 1. The van der Waals surface area contributed by atoms with Crippen LogP contribution < -0.4 is 5.32 Å². The van der Waals surface area contributed by atoms with E-state index in [1.165, 1.54) is 45.4 Å². The Morgan fingerprint density at radius 3 is 2.15 bits per heavy atom. The van der Waals surface area contributed by atoms with E-state index in [-0.39, 0.29) is 24.5 Å². The SMILES string of the molecule is CC(O)(CO)CNC(=O)CC12CC3CC(CC(C3)C1)C2. The van der Waals surface area contributed by atoms with Crippen LogP contribution in [0.2, 0.25) is 0 Å². The normalized spacial score (nSPS) is 41.5. The lowest BCUT2D eigenvalue weighted by atomic mass is 9.49. The molecule has 0 aromatic heterocycles. The molecule has 0 spiro atoms. The maximum absolute atomic E-state index is 12.2. The first-order valence-electron chi connectivity index (χ1n) is 8.00. The van der Waals surface area contributed by atoms with Crippen LogP contribution in [0.1, 0.15) is 51.9 Å².